The molecule has 20 heavy (non-hydrogen) atoms. The van der Waals surface area contributed by atoms with Crippen LogP contribution in [-0.2, 0) is 6.42 Å². The van der Waals surface area contributed by atoms with Crippen LogP contribution < -0.4 is 5.32 Å². The van der Waals surface area contributed by atoms with Crippen molar-refractivity contribution < 1.29 is 0 Å². The molecule has 4 nitrogen and oxygen atoms in total. The van der Waals surface area contributed by atoms with E-state index in [0.29, 0.717) is 11.1 Å². The van der Waals surface area contributed by atoms with Gasteiger partial charge < -0.3 is 5.32 Å². The van der Waals surface area contributed by atoms with E-state index in [9.17, 15) is 0 Å². The lowest BCUT2D eigenvalue weighted by Crippen LogP contribution is -2.10. The highest BCUT2D eigenvalue weighted by Gasteiger charge is 2.27. The van der Waals surface area contributed by atoms with E-state index in [4.69, 9.17) is 11.6 Å². The van der Waals surface area contributed by atoms with Crippen LogP contribution in [0.3, 0.4) is 0 Å². The van der Waals surface area contributed by atoms with Gasteiger partial charge in [0, 0.05) is 29.8 Å². The van der Waals surface area contributed by atoms with E-state index in [1.54, 1.807) is 11.3 Å². The summed E-state index contributed by atoms with van der Waals surface area (Å²) in [6.07, 6.45) is 3.25. The Morgan fingerprint density at radius 3 is 2.75 bits per heavy atom. The van der Waals surface area contributed by atoms with Gasteiger partial charge in [0.25, 0.3) is 0 Å². The molecule has 1 aliphatic rings. The maximum absolute atomic E-state index is 6.19. The summed E-state index contributed by atoms with van der Waals surface area (Å²) in [6, 6.07) is 0. The number of rotatable bonds is 5. The van der Waals surface area contributed by atoms with Gasteiger partial charge in [-0.15, -0.1) is 11.3 Å². The summed E-state index contributed by atoms with van der Waals surface area (Å²) < 4.78 is 0. The SMILES string of the molecule is Cc1nc(CCNc2nc(C3CC3)nc(Cl)c2C)cs1. The van der Waals surface area contributed by atoms with E-state index < -0.39 is 0 Å². The van der Waals surface area contributed by atoms with Crippen molar-refractivity contribution in [3.05, 3.63) is 32.6 Å². The van der Waals surface area contributed by atoms with E-state index >= 15 is 0 Å². The summed E-state index contributed by atoms with van der Waals surface area (Å²) in [5.74, 6) is 2.25. The number of hydrogen-bond acceptors (Lipinski definition) is 5. The van der Waals surface area contributed by atoms with Gasteiger partial charge in [-0.3, -0.25) is 0 Å². The van der Waals surface area contributed by atoms with Crippen molar-refractivity contribution >= 4 is 28.8 Å². The van der Waals surface area contributed by atoms with Crippen LogP contribution in [0.5, 0.6) is 0 Å². The van der Waals surface area contributed by atoms with Gasteiger partial charge in [0.05, 0.1) is 10.7 Å². The second-order valence-corrected chi connectivity index (χ2v) is 6.58. The third kappa shape index (κ3) is 3.10. The first-order chi connectivity index (χ1) is 9.63. The fourth-order valence-corrected chi connectivity index (χ4v) is 2.86. The van der Waals surface area contributed by atoms with Crippen LogP contribution in [0.1, 0.15) is 40.8 Å². The highest BCUT2D eigenvalue weighted by Crippen LogP contribution is 2.39. The molecule has 1 aliphatic carbocycles. The Bertz CT molecular complexity index is 622. The Kier molecular flexibility index (Phi) is 3.89. The van der Waals surface area contributed by atoms with Crippen LogP contribution in [0.2, 0.25) is 5.15 Å². The van der Waals surface area contributed by atoms with Crippen LogP contribution in [0.25, 0.3) is 0 Å². The highest BCUT2D eigenvalue weighted by atomic mass is 35.5. The molecule has 2 aromatic heterocycles. The summed E-state index contributed by atoms with van der Waals surface area (Å²) in [5, 5.41) is 7.14. The van der Waals surface area contributed by atoms with Crippen LogP contribution in [0, 0.1) is 13.8 Å². The molecule has 0 saturated heterocycles. The second kappa shape index (κ2) is 5.66. The molecule has 3 rings (SSSR count). The third-order valence-corrected chi connectivity index (χ3v) is 4.58. The van der Waals surface area contributed by atoms with Crippen molar-refractivity contribution in [2.45, 2.75) is 39.0 Å². The molecule has 0 spiro atoms. The first-order valence-corrected chi connectivity index (χ1v) is 8.08. The first-order valence-electron chi connectivity index (χ1n) is 6.82. The molecule has 2 heterocycles. The number of nitrogens with zero attached hydrogens (tertiary/aromatic N) is 3. The Labute approximate surface area is 127 Å². The number of aromatic nitrogens is 3. The highest BCUT2D eigenvalue weighted by molar-refractivity contribution is 7.09. The lowest BCUT2D eigenvalue weighted by atomic mass is 10.3. The molecule has 0 bridgehead atoms. The summed E-state index contributed by atoms with van der Waals surface area (Å²) in [7, 11) is 0. The van der Waals surface area contributed by atoms with Gasteiger partial charge in [0.15, 0.2) is 0 Å². The molecule has 0 aromatic carbocycles. The number of nitrogens with one attached hydrogen (secondary N) is 1. The maximum Gasteiger partial charge on any atom is 0.137 e. The lowest BCUT2D eigenvalue weighted by Gasteiger charge is -2.10. The van der Waals surface area contributed by atoms with Gasteiger partial charge in [-0.1, -0.05) is 11.6 Å². The first kappa shape index (κ1) is 13.8. The Morgan fingerprint density at radius 1 is 1.30 bits per heavy atom. The van der Waals surface area contributed by atoms with E-state index in [2.05, 4.69) is 25.6 Å². The molecule has 0 atom stereocenters. The van der Waals surface area contributed by atoms with E-state index in [0.717, 1.165) is 40.9 Å². The largest absolute Gasteiger partial charge is 0.369 e. The van der Waals surface area contributed by atoms with Crippen LogP contribution >= 0.6 is 22.9 Å². The predicted molar refractivity (Wildman–Crippen MR) is 82.8 cm³/mol. The molecule has 6 heteroatoms. The zero-order valence-electron chi connectivity index (χ0n) is 11.6. The fraction of sp³-hybridized carbons (Fsp3) is 0.500. The van der Waals surface area contributed by atoms with Crippen molar-refractivity contribution in [2.75, 3.05) is 11.9 Å². The van der Waals surface area contributed by atoms with Crippen molar-refractivity contribution in [3.8, 4) is 0 Å². The molecular weight excluding hydrogens is 292 g/mol. The number of anilines is 1. The quantitative estimate of drug-likeness (QED) is 0.855. The second-order valence-electron chi connectivity index (χ2n) is 5.16. The van der Waals surface area contributed by atoms with Crippen molar-refractivity contribution in [1.29, 1.82) is 0 Å². The number of halogens is 1. The third-order valence-electron chi connectivity index (χ3n) is 3.39. The summed E-state index contributed by atoms with van der Waals surface area (Å²) in [4.78, 5) is 13.4. The Balaban J connectivity index is 1.67. The molecule has 0 unspecified atom stereocenters. The van der Waals surface area contributed by atoms with E-state index in [-0.39, 0.29) is 0 Å². The van der Waals surface area contributed by atoms with Crippen molar-refractivity contribution in [1.82, 2.24) is 15.0 Å². The van der Waals surface area contributed by atoms with Crippen LogP contribution in [0.15, 0.2) is 5.38 Å². The molecule has 0 amide bonds. The number of hydrogen-bond donors (Lipinski definition) is 1. The van der Waals surface area contributed by atoms with Gasteiger partial charge in [-0.05, 0) is 26.7 Å². The molecule has 0 radical (unpaired) electrons. The smallest absolute Gasteiger partial charge is 0.137 e. The molecule has 106 valence electrons. The van der Waals surface area contributed by atoms with Crippen molar-refractivity contribution in [3.63, 3.8) is 0 Å². The van der Waals surface area contributed by atoms with E-state index in [1.165, 1.54) is 12.8 Å². The van der Waals surface area contributed by atoms with Crippen LogP contribution in [-0.4, -0.2) is 21.5 Å². The predicted octanol–water partition coefficient (Wildman–Crippen LogP) is 3.74. The monoisotopic (exact) mass is 308 g/mol. The molecule has 0 aliphatic heterocycles. The minimum atomic E-state index is 0.509. The molecule has 1 saturated carbocycles. The van der Waals surface area contributed by atoms with Gasteiger partial charge in [-0.25, -0.2) is 15.0 Å². The zero-order chi connectivity index (χ0) is 14.1. The topological polar surface area (TPSA) is 50.7 Å². The normalized spacial score (nSPS) is 14.6. The minimum absolute atomic E-state index is 0.509. The van der Waals surface area contributed by atoms with Gasteiger partial charge in [0.2, 0.25) is 0 Å². The number of aryl methyl sites for hydroxylation is 1. The molecule has 1 N–H and O–H groups in total. The van der Waals surface area contributed by atoms with E-state index in [1.807, 2.05) is 13.8 Å². The van der Waals surface area contributed by atoms with Gasteiger partial charge in [0.1, 0.15) is 16.8 Å². The van der Waals surface area contributed by atoms with Gasteiger partial charge >= 0.3 is 0 Å². The molecule has 2 aromatic rings. The average Bonchev–Trinajstić information content (AvgIpc) is 3.18. The van der Waals surface area contributed by atoms with Gasteiger partial charge in [-0.2, -0.15) is 0 Å². The maximum atomic E-state index is 6.19. The lowest BCUT2D eigenvalue weighted by molar-refractivity contribution is 0.900. The molecular formula is C14H17ClN4S. The fourth-order valence-electron chi connectivity index (χ4n) is 2.03. The minimum Gasteiger partial charge on any atom is -0.369 e. The zero-order valence-corrected chi connectivity index (χ0v) is 13.2. The average molecular weight is 309 g/mol. The van der Waals surface area contributed by atoms with Crippen molar-refractivity contribution in [2.24, 2.45) is 0 Å². The Morgan fingerprint density at radius 2 is 2.10 bits per heavy atom. The Hall–Kier alpha value is -1.20. The summed E-state index contributed by atoms with van der Waals surface area (Å²) >= 11 is 7.87. The number of thiazole rings is 1. The van der Waals surface area contributed by atoms with Crippen LogP contribution in [0.4, 0.5) is 5.82 Å². The standard InChI is InChI=1S/C14H17ClN4S/c1-8-12(15)18-14(10-3-4-10)19-13(8)16-6-5-11-7-20-9(2)17-11/h7,10H,3-6H2,1-2H3,(H,16,18,19). The summed E-state index contributed by atoms with van der Waals surface area (Å²) in [6.45, 7) is 4.79. The molecule has 1 fully saturated rings. The summed E-state index contributed by atoms with van der Waals surface area (Å²) in [5.41, 5.74) is 2.05.